The second kappa shape index (κ2) is 7.75. The Kier molecular flexibility index (Phi) is 5.39. The fourth-order valence-electron chi connectivity index (χ4n) is 3.08. The first-order valence-electron chi connectivity index (χ1n) is 8.80. The summed E-state index contributed by atoms with van der Waals surface area (Å²) in [5, 5.41) is 7.79. The lowest BCUT2D eigenvalue weighted by molar-refractivity contribution is 0.324. The van der Waals surface area contributed by atoms with Crippen LogP contribution in [0.5, 0.6) is 17.2 Å². The van der Waals surface area contributed by atoms with Gasteiger partial charge < -0.3 is 19.5 Å². The number of methoxy groups -OCH3 is 3. The molecule has 0 bridgehead atoms. The van der Waals surface area contributed by atoms with Gasteiger partial charge in [0.15, 0.2) is 17.3 Å². The monoisotopic (exact) mass is 383 g/mol. The SMILES string of the molecule is COc1cc(Nc2nc(-c3c(C)nn(C)c3C)ncc2C)cc(OC)c1OC. The maximum absolute atomic E-state index is 5.43. The summed E-state index contributed by atoms with van der Waals surface area (Å²) in [6.07, 6.45) is 1.80. The quantitative estimate of drug-likeness (QED) is 0.696. The van der Waals surface area contributed by atoms with Crippen molar-refractivity contribution in [3.8, 4) is 28.6 Å². The minimum absolute atomic E-state index is 0.539. The highest BCUT2D eigenvalue weighted by Crippen LogP contribution is 2.40. The lowest BCUT2D eigenvalue weighted by Crippen LogP contribution is -2.02. The number of aryl methyl sites for hydroxylation is 3. The maximum Gasteiger partial charge on any atom is 0.203 e. The number of aromatic nitrogens is 4. The van der Waals surface area contributed by atoms with Crippen molar-refractivity contribution in [1.82, 2.24) is 19.7 Å². The smallest absolute Gasteiger partial charge is 0.203 e. The topological polar surface area (TPSA) is 83.3 Å². The number of hydrogen-bond acceptors (Lipinski definition) is 7. The number of benzene rings is 1. The summed E-state index contributed by atoms with van der Waals surface area (Å²) in [7, 11) is 6.66. The van der Waals surface area contributed by atoms with Gasteiger partial charge in [-0.05, 0) is 20.8 Å². The molecule has 0 aliphatic rings. The number of ether oxygens (including phenoxy) is 3. The molecule has 0 spiro atoms. The van der Waals surface area contributed by atoms with Crippen LogP contribution in [0.15, 0.2) is 18.3 Å². The third-order valence-corrected chi connectivity index (χ3v) is 4.63. The van der Waals surface area contributed by atoms with Gasteiger partial charge in [-0.2, -0.15) is 5.10 Å². The summed E-state index contributed by atoms with van der Waals surface area (Å²) in [5.74, 6) is 2.99. The summed E-state index contributed by atoms with van der Waals surface area (Å²) in [6.45, 7) is 5.91. The van der Waals surface area contributed by atoms with Crippen molar-refractivity contribution in [3.63, 3.8) is 0 Å². The Hall–Kier alpha value is -3.29. The summed E-state index contributed by atoms with van der Waals surface area (Å²) in [5.41, 5.74) is 4.52. The van der Waals surface area contributed by atoms with Crippen molar-refractivity contribution < 1.29 is 14.2 Å². The van der Waals surface area contributed by atoms with Crippen LogP contribution in [0, 0.1) is 20.8 Å². The maximum atomic E-state index is 5.43. The fraction of sp³-hybridized carbons (Fsp3) is 0.350. The van der Waals surface area contributed by atoms with Crippen LogP contribution in [0.3, 0.4) is 0 Å². The van der Waals surface area contributed by atoms with E-state index >= 15 is 0 Å². The molecule has 8 heteroatoms. The molecule has 28 heavy (non-hydrogen) atoms. The summed E-state index contributed by atoms with van der Waals surface area (Å²) >= 11 is 0. The molecule has 0 atom stereocenters. The van der Waals surface area contributed by atoms with Crippen molar-refractivity contribution in [2.45, 2.75) is 20.8 Å². The number of hydrogen-bond donors (Lipinski definition) is 1. The summed E-state index contributed by atoms with van der Waals surface area (Å²) in [4.78, 5) is 9.24. The second-order valence-corrected chi connectivity index (χ2v) is 6.43. The van der Waals surface area contributed by atoms with Crippen molar-refractivity contribution >= 4 is 11.5 Å². The zero-order chi connectivity index (χ0) is 20.4. The van der Waals surface area contributed by atoms with E-state index < -0.39 is 0 Å². The predicted octanol–water partition coefficient (Wildman–Crippen LogP) is 3.57. The lowest BCUT2D eigenvalue weighted by Gasteiger charge is -2.16. The average molecular weight is 383 g/mol. The van der Waals surface area contributed by atoms with E-state index in [-0.39, 0.29) is 0 Å². The number of rotatable bonds is 6. The van der Waals surface area contributed by atoms with Crippen LogP contribution in [-0.4, -0.2) is 41.1 Å². The standard InChI is InChI=1S/C20H25N5O3/c1-11-10-21-20(17-12(2)24-25(4)13(17)3)23-19(11)22-14-8-15(26-5)18(28-7)16(9-14)27-6/h8-10H,1-7H3,(H,21,22,23). The van der Waals surface area contributed by atoms with Gasteiger partial charge in [-0.15, -0.1) is 0 Å². The highest BCUT2D eigenvalue weighted by Gasteiger charge is 2.17. The van der Waals surface area contributed by atoms with E-state index in [1.165, 1.54) is 0 Å². The normalized spacial score (nSPS) is 10.7. The van der Waals surface area contributed by atoms with Crippen LogP contribution >= 0.6 is 0 Å². The van der Waals surface area contributed by atoms with E-state index in [9.17, 15) is 0 Å². The molecule has 2 aromatic heterocycles. The van der Waals surface area contributed by atoms with Gasteiger partial charge in [0.25, 0.3) is 0 Å². The first-order valence-corrected chi connectivity index (χ1v) is 8.80. The third kappa shape index (κ3) is 3.45. The minimum Gasteiger partial charge on any atom is -0.493 e. The number of anilines is 2. The molecule has 0 aliphatic carbocycles. The van der Waals surface area contributed by atoms with Gasteiger partial charge in [-0.3, -0.25) is 4.68 Å². The second-order valence-electron chi connectivity index (χ2n) is 6.43. The van der Waals surface area contributed by atoms with Crippen LogP contribution < -0.4 is 19.5 Å². The van der Waals surface area contributed by atoms with Gasteiger partial charge in [0.2, 0.25) is 5.75 Å². The molecule has 1 N–H and O–H groups in total. The van der Waals surface area contributed by atoms with Gasteiger partial charge in [0.1, 0.15) is 5.82 Å². The molecule has 0 fully saturated rings. The Labute approximate surface area is 164 Å². The van der Waals surface area contributed by atoms with Gasteiger partial charge in [0, 0.05) is 42.3 Å². The zero-order valence-corrected chi connectivity index (χ0v) is 17.2. The molecule has 2 heterocycles. The van der Waals surface area contributed by atoms with E-state index in [1.54, 1.807) is 27.5 Å². The van der Waals surface area contributed by atoms with Crippen LogP contribution in [0.1, 0.15) is 17.0 Å². The molecular weight excluding hydrogens is 358 g/mol. The van der Waals surface area contributed by atoms with E-state index in [4.69, 9.17) is 19.2 Å². The Bertz CT molecular complexity index is 988. The van der Waals surface area contributed by atoms with Crippen LogP contribution in [-0.2, 0) is 7.05 Å². The molecule has 0 aliphatic heterocycles. The third-order valence-electron chi connectivity index (χ3n) is 4.63. The first kappa shape index (κ1) is 19.5. The van der Waals surface area contributed by atoms with E-state index in [1.807, 2.05) is 44.6 Å². The van der Waals surface area contributed by atoms with Gasteiger partial charge in [-0.25, -0.2) is 9.97 Å². The van der Waals surface area contributed by atoms with E-state index in [2.05, 4.69) is 15.4 Å². The molecule has 3 rings (SSSR count). The minimum atomic E-state index is 0.539. The van der Waals surface area contributed by atoms with Gasteiger partial charge in [-0.1, -0.05) is 0 Å². The molecule has 0 amide bonds. The van der Waals surface area contributed by atoms with Crippen molar-refractivity contribution in [3.05, 3.63) is 35.3 Å². The largest absolute Gasteiger partial charge is 0.493 e. The molecule has 148 valence electrons. The molecule has 8 nitrogen and oxygen atoms in total. The van der Waals surface area contributed by atoms with Crippen molar-refractivity contribution in [2.75, 3.05) is 26.6 Å². The molecule has 0 radical (unpaired) electrons. The highest BCUT2D eigenvalue weighted by atomic mass is 16.5. The van der Waals surface area contributed by atoms with Gasteiger partial charge in [0.05, 0.1) is 32.6 Å². The molecule has 1 aromatic carbocycles. The Morgan fingerprint density at radius 3 is 2.11 bits per heavy atom. The Morgan fingerprint density at radius 2 is 1.61 bits per heavy atom. The van der Waals surface area contributed by atoms with Crippen molar-refractivity contribution in [2.24, 2.45) is 7.05 Å². The molecule has 3 aromatic rings. The summed E-state index contributed by atoms with van der Waals surface area (Å²) in [6, 6.07) is 3.67. The molecule has 0 unspecified atom stereocenters. The van der Waals surface area contributed by atoms with Crippen LogP contribution in [0.2, 0.25) is 0 Å². The molecular formula is C20H25N5O3. The first-order chi connectivity index (χ1) is 13.4. The van der Waals surface area contributed by atoms with Crippen molar-refractivity contribution in [1.29, 1.82) is 0 Å². The average Bonchev–Trinajstić information content (AvgIpc) is 2.94. The van der Waals surface area contributed by atoms with Crippen LogP contribution in [0.4, 0.5) is 11.5 Å². The Morgan fingerprint density at radius 1 is 0.964 bits per heavy atom. The predicted molar refractivity (Wildman–Crippen MR) is 108 cm³/mol. The van der Waals surface area contributed by atoms with E-state index in [0.29, 0.717) is 28.9 Å². The number of nitrogens with zero attached hydrogens (tertiary/aromatic N) is 4. The summed E-state index contributed by atoms with van der Waals surface area (Å²) < 4.78 is 18.1. The molecule has 0 saturated heterocycles. The zero-order valence-electron chi connectivity index (χ0n) is 17.2. The highest BCUT2D eigenvalue weighted by molar-refractivity contribution is 5.69. The molecule has 0 saturated carbocycles. The lowest BCUT2D eigenvalue weighted by atomic mass is 10.2. The Balaban J connectivity index is 2.04. The van der Waals surface area contributed by atoms with Gasteiger partial charge >= 0.3 is 0 Å². The van der Waals surface area contributed by atoms with Crippen LogP contribution in [0.25, 0.3) is 11.4 Å². The number of nitrogens with one attached hydrogen (secondary N) is 1. The van der Waals surface area contributed by atoms with E-state index in [0.717, 1.165) is 28.2 Å². The fourth-order valence-corrected chi connectivity index (χ4v) is 3.08.